The molecule has 1 spiro atoms. The Kier molecular flexibility index (Phi) is 7.03. The van der Waals surface area contributed by atoms with E-state index >= 15 is 4.39 Å². The zero-order valence-corrected chi connectivity index (χ0v) is 25.4. The van der Waals surface area contributed by atoms with Crippen LogP contribution in [0.1, 0.15) is 49.7 Å². The molecule has 2 aromatic heterocycles. The Hall–Kier alpha value is -3.23. The maximum atomic E-state index is 16.8. The lowest BCUT2D eigenvalue weighted by Gasteiger charge is -2.53. The number of anilines is 2. The molecule has 1 saturated carbocycles. The number of aromatic nitrogens is 3. The van der Waals surface area contributed by atoms with Gasteiger partial charge in [0.15, 0.2) is 11.6 Å². The van der Waals surface area contributed by atoms with Crippen LogP contribution in [0.3, 0.4) is 0 Å². The van der Waals surface area contributed by atoms with Gasteiger partial charge in [0.05, 0.1) is 51.0 Å². The zero-order valence-electron chi connectivity index (χ0n) is 24.6. The van der Waals surface area contributed by atoms with Gasteiger partial charge in [0.1, 0.15) is 29.9 Å². The fraction of sp³-hybridized carbons (Fsp3) is 0.567. The molecule has 4 aliphatic rings. The molecule has 2 saturated heterocycles. The van der Waals surface area contributed by atoms with Crippen LogP contribution in [-0.2, 0) is 6.18 Å². The molecule has 3 aromatic rings. The van der Waals surface area contributed by atoms with Crippen molar-refractivity contribution >= 4 is 34.1 Å². The minimum absolute atomic E-state index is 0.0220. The molecular weight excluding hydrogens is 623 g/mol. The first-order chi connectivity index (χ1) is 21.3. The molecule has 1 aliphatic carbocycles. The molecule has 0 bridgehead atoms. The fourth-order valence-electron chi connectivity index (χ4n) is 7.77. The Morgan fingerprint density at radius 2 is 2.00 bits per heavy atom. The number of aryl methyl sites for hydroxylation is 1. The molecular formula is C30H32ClF5N6O3. The van der Waals surface area contributed by atoms with Crippen molar-refractivity contribution in [3.63, 3.8) is 0 Å². The van der Waals surface area contributed by atoms with Crippen LogP contribution >= 0.6 is 11.6 Å². The molecule has 3 N–H and O–H groups in total. The fourth-order valence-corrected chi connectivity index (χ4v) is 8.09. The van der Waals surface area contributed by atoms with Crippen LogP contribution in [-0.4, -0.2) is 81.7 Å². The second kappa shape index (κ2) is 10.4. The Morgan fingerprint density at radius 1 is 1.22 bits per heavy atom. The van der Waals surface area contributed by atoms with E-state index in [0.29, 0.717) is 32.2 Å². The number of pyridine rings is 1. The van der Waals surface area contributed by atoms with Gasteiger partial charge in [0, 0.05) is 26.4 Å². The number of likely N-dealkylation sites (N-methyl/N-ethyl adjacent to an activating group) is 1. The molecule has 7 rings (SSSR count). The van der Waals surface area contributed by atoms with Gasteiger partial charge >= 0.3 is 12.2 Å². The van der Waals surface area contributed by atoms with E-state index in [4.69, 9.17) is 26.8 Å². The molecule has 3 aliphatic heterocycles. The van der Waals surface area contributed by atoms with Crippen molar-refractivity contribution in [2.75, 3.05) is 44.0 Å². The monoisotopic (exact) mass is 654 g/mol. The van der Waals surface area contributed by atoms with Crippen LogP contribution in [0.15, 0.2) is 6.07 Å². The summed E-state index contributed by atoms with van der Waals surface area (Å²) in [4.78, 5) is 16.7. The van der Waals surface area contributed by atoms with E-state index in [9.17, 15) is 22.7 Å². The Balaban J connectivity index is 1.46. The van der Waals surface area contributed by atoms with Gasteiger partial charge in [-0.15, -0.1) is 0 Å². The second-order valence-corrected chi connectivity index (χ2v) is 13.0. The molecule has 9 nitrogen and oxygen atoms in total. The lowest BCUT2D eigenvalue weighted by Crippen LogP contribution is -2.63. The largest absolute Gasteiger partial charge is 0.491 e. The molecule has 45 heavy (non-hydrogen) atoms. The molecule has 2 unspecified atom stereocenters. The van der Waals surface area contributed by atoms with Gasteiger partial charge in [-0.2, -0.15) is 23.1 Å². The number of nitrogens with zero attached hydrogens (tertiary/aromatic N) is 5. The van der Waals surface area contributed by atoms with E-state index < -0.39 is 62.7 Å². The van der Waals surface area contributed by atoms with Crippen LogP contribution in [0.25, 0.3) is 22.2 Å². The summed E-state index contributed by atoms with van der Waals surface area (Å²) >= 11 is 6.73. The maximum Gasteiger partial charge on any atom is 0.418 e. The third-order valence-corrected chi connectivity index (χ3v) is 10.5. The van der Waals surface area contributed by atoms with Crippen molar-refractivity contribution in [3.05, 3.63) is 28.0 Å². The van der Waals surface area contributed by atoms with Gasteiger partial charge < -0.3 is 25.2 Å². The van der Waals surface area contributed by atoms with Gasteiger partial charge in [-0.25, -0.2) is 13.8 Å². The molecule has 4 atom stereocenters. The molecule has 0 radical (unpaired) electrons. The minimum atomic E-state index is -4.92. The van der Waals surface area contributed by atoms with E-state index in [1.54, 1.807) is 11.9 Å². The van der Waals surface area contributed by atoms with Gasteiger partial charge in [-0.05, 0) is 50.8 Å². The highest BCUT2D eigenvalue weighted by Gasteiger charge is 2.52. The summed E-state index contributed by atoms with van der Waals surface area (Å²) in [6.45, 7) is 2.28. The summed E-state index contributed by atoms with van der Waals surface area (Å²) < 4.78 is 86.5. The number of rotatable bonds is 4. The SMILES string of the molecule is Cc1cc(N)nc(-c2c(Cl)c3c4c(nc(OC[C@@]56CCCN5C[C@H](F)C6)nc4c2F)N(C)C2(CCO3)CCC2O)c1C(F)(F)F. The lowest BCUT2D eigenvalue weighted by molar-refractivity contribution is -0.137. The van der Waals surface area contributed by atoms with Gasteiger partial charge in [-0.3, -0.25) is 4.90 Å². The first-order valence-electron chi connectivity index (χ1n) is 14.9. The summed E-state index contributed by atoms with van der Waals surface area (Å²) in [6.07, 6.45) is -3.36. The second-order valence-electron chi connectivity index (χ2n) is 12.7. The summed E-state index contributed by atoms with van der Waals surface area (Å²) in [5.74, 6) is -1.43. The third-order valence-electron chi connectivity index (χ3n) is 10.2. The first kappa shape index (κ1) is 30.4. The number of nitrogen functional groups attached to an aromatic ring is 1. The number of nitrogens with two attached hydrogens (primary N) is 1. The van der Waals surface area contributed by atoms with Crippen LogP contribution < -0.4 is 20.1 Å². The van der Waals surface area contributed by atoms with E-state index in [1.807, 2.05) is 4.90 Å². The summed E-state index contributed by atoms with van der Waals surface area (Å²) in [7, 11) is 1.70. The maximum absolute atomic E-state index is 16.8. The molecule has 15 heteroatoms. The predicted molar refractivity (Wildman–Crippen MR) is 157 cm³/mol. The smallest absolute Gasteiger partial charge is 0.418 e. The van der Waals surface area contributed by atoms with Crippen LogP contribution in [0.5, 0.6) is 11.8 Å². The number of halogens is 6. The molecule has 3 fully saturated rings. The van der Waals surface area contributed by atoms with Gasteiger partial charge in [-0.1, -0.05) is 11.6 Å². The van der Waals surface area contributed by atoms with Crippen LogP contribution in [0.4, 0.5) is 33.6 Å². The van der Waals surface area contributed by atoms with Gasteiger partial charge in [0.2, 0.25) is 0 Å². The van der Waals surface area contributed by atoms with Crippen molar-refractivity contribution in [2.45, 2.75) is 75.0 Å². The van der Waals surface area contributed by atoms with Crippen LogP contribution in [0.2, 0.25) is 5.02 Å². The molecule has 5 heterocycles. The predicted octanol–water partition coefficient (Wildman–Crippen LogP) is 5.46. The lowest BCUT2D eigenvalue weighted by atomic mass is 9.70. The average molecular weight is 655 g/mol. The van der Waals surface area contributed by atoms with Crippen molar-refractivity contribution in [1.29, 1.82) is 0 Å². The number of aliphatic hydroxyl groups is 1. The number of ether oxygens (including phenoxy) is 2. The van der Waals surface area contributed by atoms with Crippen molar-refractivity contribution < 1.29 is 36.5 Å². The summed E-state index contributed by atoms with van der Waals surface area (Å²) in [5.41, 5.74) is 1.17. The zero-order chi connectivity index (χ0) is 32.1. The minimum Gasteiger partial charge on any atom is -0.491 e. The summed E-state index contributed by atoms with van der Waals surface area (Å²) in [6, 6.07) is 0.805. The number of fused-ring (bicyclic) bond motifs is 1. The number of hydrogen-bond acceptors (Lipinski definition) is 9. The van der Waals surface area contributed by atoms with Crippen molar-refractivity contribution in [2.24, 2.45) is 0 Å². The molecule has 0 amide bonds. The third kappa shape index (κ3) is 4.57. The van der Waals surface area contributed by atoms with Crippen molar-refractivity contribution in [3.8, 4) is 23.0 Å². The standard InChI is InChI=1S/C30H32ClF5N6O3/c1-14-10-17(37)38-23(20(14)30(34,35)36)18-21(31)25-19-24(22(18)33)39-27(45-13-28-5-3-8-42(28)12-15(32)11-28)40-26(19)41(2)29(7-9-44-25)6-4-16(29)43/h10,15-16,43H,3-9,11-13H2,1-2H3,(H2,37,38)/t15-,16?,28+,29?/m1/s1. The van der Waals surface area contributed by atoms with E-state index in [1.165, 1.54) is 6.92 Å². The normalized spacial score (nSPS) is 28.2. The topological polar surface area (TPSA) is 110 Å². The van der Waals surface area contributed by atoms with E-state index in [2.05, 4.69) is 15.0 Å². The molecule has 1 aromatic carbocycles. The average Bonchev–Trinajstić information content (AvgIpc) is 3.48. The van der Waals surface area contributed by atoms with E-state index in [0.717, 1.165) is 19.0 Å². The Labute approximate surface area is 260 Å². The number of aliphatic hydroxyl groups excluding tert-OH is 1. The Bertz CT molecular complexity index is 1710. The highest BCUT2D eigenvalue weighted by atomic mass is 35.5. The number of alkyl halides is 4. The van der Waals surface area contributed by atoms with Gasteiger partial charge in [0.25, 0.3) is 0 Å². The first-order valence-corrected chi connectivity index (χ1v) is 15.3. The number of benzene rings is 1. The van der Waals surface area contributed by atoms with Crippen molar-refractivity contribution in [1.82, 2.24) is 19.9 Å². The number of hydrogen-bond donors (Lipinski definition) is 2. The highest BCUT2D eigenvalue weighted by Crippen LogP contribution is 2.53. The van der Waals surface area contributed by atoms with Crippen LogP contribution in [0, 0.1) is 12.7 Å². The summed E-state index contributed by atoms with van der Waals surface area (Å²) in [5, 5.41) is 10.5. The Morgan fingerprint density at radius 3 is 2.69 bits per heavy atom. The quantitative estimate of drug-likeness (QED) is 0.355. The van der Waals surface area contributed by atoms with E-state index in [-0.39, 0.29) is 54.0 Å². The highest BCUT2D eigenvalue weighted by molar-refractivity contribution is 6.36. The molecule has 242 valence electrons.